The highest BCUT2D eigenvalue weighted by Gasteiger charge is 2.29. The van der Waals surface area contributed by atoms with E-state index in [1.807, 2.05) is 24.4 Å². The minimum absolute atomic E-state index is 0.0174. The van der Waals surface area contributed by atoms with Crippen molar-refractivity contribution >= 4 is 23.2 Å². The third-order valence-corrected chi connectivity index (χ3v) is 4.68. The average molecular weight is 319 g/mol. The maximum absolute atomic E-state index is 12.2. The Morgan fingerprint density at radius 2 is 2.32 bits per heavy atom. The molecule has 1 fully saturated rings. The van der Waals surface area contributed by atoms with Gasteiger partial charge in [0.2, 0.25) is 11.8 Å². The van der Waals surface area contributed by atoms with Gasteiger partial charge in [-0.1, -0.05) is 0 Å². The second-order valence-electron chi connectivity index (χ2n) is 5.46. The van der Waals surface area contributed by atoms with E-state index in [9.17, 15) is 9.59 Å². The van der Waals surface area contributed by atoms with E-state index in [1.54, 1.807) is 4.90 Å². The third-order valence-electron chi connectivity index (χ3n) is 3.78. The van der Waals surface area contributed by atoms with Gasteiger partial charge in [-0.05, 0) is 25.5 Å². The van der Waals surface area contributed by atoms with Crippen LogP contribution in [0.2, 0.25) is 0 Å². The van der Waals surface area contributed by atoms with Gasteiger partial charge in [-0.2, -0.15) is 0 Å². The number of carbonyl (C=O) groups is 2. The number of likely N-dealkylation sites (tertiary alicyclic amines) is 1. The van der Waals surface area contributed by atoms with Crippen molar-refractivity contribution in [2.24, 2.45) is 11.7 Å². The Balaban J connectivity index is 1.63. The number of rotatable bonds is 4. The summed E-state index contributed by atoms with van der Waals surface area (Å²) in [5, 5.41) is 2.64. The summed E-state index contributed by atoms with van der Waals surface area (Å²) in [5.41, 5.74) is 6.01. The van der Waals surface area contributed by atoms with E-state index in [0.29, 0.717) is 19.5 Å². The van der Waals surface area contributed by atoms with Gasteiger partial charge in [0.1, 0.15) is 5.76 Å². The summed E-state index contributed by atoms with van der Waals surface area (Å²) < 4.78 is 5.53. The summed E-state index contributed by atoms with van der Waals surface area (Å²) in [6.07, 6.45) is 0.886. The molecular weight excluding hydrogens is 302 g/mol. The van der Waals surface area contributed by atoms with Crippen LogP contribution in [-0.4, -0.2) is 34.8 Å². The van der Waals surface area contributed by atoms with Crippen LogP contribution >= 0.6 is 11.3 Å². The number of hydrogen-bond donors (Lipinski definition) is 1. The standard InChI is InChI=1S/C15H17N3O3S/c1-9-2-3-12(21-9)15-17-11(8-22-15)6-13(19)18-5-4-10(7-18)14(16)20/h2-3,8,10H,4-7H2,1H3,(H2,16,20)/t10-/m1/s1. The number of carbonyl (C=O) groups excluding carboxylic acids is 2. The van der Waals surface area contributed by atoms with Crippen molar-refractivity contribution in [1.82, 2.24) is 9.88 Å². The summed E-state index contributed by atoms with van der Waals surface area (Å²) in [6.45, 7) is 2.88. The molecule has 3 heterocycles. The van der Waals surface area contributed by atoms with Crippen molar-refractivity contribution in [2.75, 3.05) is 13.1 Å². The summed E-state index contributed by atoms with van der Waals surface area (Å²) >= 11 is 1.46. The van der Waals surface area contributed by atoms with Gasteiger partial charge in [0.25, 0.3) is 0 Å². The lowest BCUT2D eigenvalue weighted by Gasteiger charge is -2.14. The predicted molar refractivity (Wildman–Crippen MR) is 82.1 cm³/mol. The fourth-order valence-corrected chi connectivity index (χ4v) is 3.32. The van der Waals surface area contributed by atoms with Crippen molar-refractivity contribution in [3.05, 3.63) is 29.0 Å². The molecule has 2 amide bonds. The molecule has 3 rings (SSSR count). The maximum Gasteiger partial charge on any atom is 0.228 e. The highest BCUT2D eigenvalue weighted by atomic mass is 32.1. The van der Waals surface area contributed by atoms with Crippen molar-refractivity contribution in [3.8, 4) is 10.8 Å². The number of nitrogens with zero attached hydrogens (tertiary/aromatic N) is 2. The van der Waals surface area contributed by atoms with Gasteiger partial charge < -0.3 is 15.1 Å². The monoisotopic (exact) mass is 319 g/mol. The molecule has 0 saturated carbocycles. The smallest absolute Gasteiger partial charge is 0.228 e. The van der Waals surface area contributed by atoms with Crippen molar-refractivity contribution in [1.29, 1.82) is 0 Å². The van der Waals surface area contributed by atoms with Gasteiger partial charge in [-0.3, -0.25) is 9.59 Å². The number of amides is 2. The normalized spacial score (nSPS) is 17.9. The van der Waals surface area contributed by atoms with Crippen molar-refractivity contribution < 1.29 is 14.0 Å². The van der Waals surface area contributed by atoms with E-state index in [2.05, 4.69) is 4.98 Å². The SMILES string of the molecule is Cc1ccc(-c2nc(CC(=O)N3CC[C@@H](C(N)=O)C3)cs2)o1. The lowest BCUT2D eigenvalue weighted by atomic mass is 10.1. The van der Waals surface area contributed by atoms with Crippen LogP contribution in [0.3, 0.4) is 0 Å². The lowest BCUT2D eigenvalue weighted by Crippen LogP contribution is -2.32. The molecule has 0 aromatic carbocycles. The Hall–Kier alpha value is -2.15. The van der Waals surface area contributed by atoms with Gasteiger partial charge in [-0.15, -0.1) is 11.3 Å². The quantitative estimate of drug-likeness (QED) is 0.926. The van der Waals surface area contributed by atoms with Crippen LogP contribution in [0.4, 0.5) is 0 Å². The van der Waals surface area contributed by atoms with E-state index in [0.717, 1.165) is 22.2 Å². The first-order valence-corrected chi connectivity index (χ1v) is 7.99. The average Bonchev–Trinajstić information content (AvgIpc) is 3.17. The number of nitrogens with two attached hydrogens (primary N) is 1. The summed E-state index contributed by atoms with van der Waals surface area (Å²) in [4.78, 5) is 29.5. The first kappa shape index (κ1) is 14.8. The van der Waals surface area contributed by atoms with Gasteiger partial charge in [0.15, 0.2) is 10.8 Å². The molecule has 2 N–H and O–H groups in total. The highest BCUT2D eigenvalue weighted by molar-refractivity contribution is 7.13. The third kappa shape index (κ3) is 3.04. The van der Waals surface area contributed by atoms with E-state index < -0.39 is 0 Å². The largest absolute Gasteiger partial charge is 0.459 e. The van der Waals surface area contributed by atoms with Crippen LogP contribution in [-0.2, 0) is 16.0 Å². The molecule has 2 aromatic heterocycles. The molecule has 1 aliphatic rings. The zero-order chi connectivity index (χ0) is 15.7. The zero-order valence-electron chi connectivity index (χ0n) is 12.2. The molecule has 1 saturated heterocycles. The second kappa shape index (κ2) is 5.92. The molecule has 0 spiro atoms. The summed E-state index contributed by atoms with van der Waals surface area (Å²) in [7, 11) is 0. The summed E-state index contributed by atoms with van der Waals surface area (Å²) in [6, 6.07) is 3.76. The van der Waals surface area contributed by atoms with Crippen LogP contribution in [0.1, 0.15) is 17.9 Å². The Labute approximate surface area is 131 Å². The first-order chi connectivity index (χ1) is 10.5. The molecule has 0 bridgehead atoms. The molecule has 0 unspecified atom stereocenters. The van der Waals surface area contributed by atoms with Gasteiger partial charge >= 0.3 is 0 Å². The number of hydrogen-bond acceptors (Lipinski definition) is 5. The molecule has 2 aromatic rings. The number of aryl methyl sites for hydroxylation is 1. The van der Waals surface area contributed by atoms with Crippen LogP contribution in [0.25, 0.3) is 10.8 Å². The molecule has 22 heavy (non-hydrogen) atoms. The van der Waals surface area contributed by atoms with Crippen molar-refractivity contribution in [2.45, 2.75) is 19.8 Å². The number of furan rings is 1. The minimum Gasteiger partial charge on any atom is -0.459 e. The Bertz CT molecular complexity index is 706. The fourth-order valence-electron chi connectivity index (χ4n) is 2.54. The predicted octanol–water partition coefficient (Wildman–Crippen LogP) is 1.59. The fraction of sp³-hybridized carbons (Fsp3) is 0.400. The van der Waals surface area contributed by atoms with E-state index in [1.165, 1.54) is 11.3 Å². The molecule has 0 aliphatic carbocycles. The Morgan fingerprint density at radius 3 is 2.95 bits per heavy atom. The number of thiazole rings is 1. The van der Waals surface area contributed by atoms with Crippen molar-refractivity contribution in [3.63, 3.8) is 0 Å². The van der Waals surface area contributed by atoms with E-state index in [4.69, 9.17) is 10.2 Å². The first-order valence-electron chi connectivity index (χ1n) is 7.11. The van der Waals surface area contributed by atoms with Gasteiger partial charge in [-0.25, -0.2) is 4.98 Å². The van der Waals surface area contributed by atoms with E-state index in [-0.39, 0.29) is 24.2 Å². The van der Waals surface area contributed by atoms with Crippen LogP contribution in [0.15, 0.2) is 21.9 Å². The number of aromatic nitrogens is 1. The van der Waals surface area contributed by atoms with E-state index >= 15 is 0 Å². The summed E-state index contributed by atoms with van der Waals surface area (Å²) in [5.74, 6) is 0.977. The molecule has 7 heteroatoms. The number of primary amides is 1. The molecule has 1 aliphatic heterocycles. The zero-order valence-corrected chi connectivity index (χ0v) is 13.1. The molecule has 1 atom stereocenters. The van der Waals surface area contributed by atoms with Gasteiger partial charge in [0, 0.05) is 18.5 Å². The lowest BCUT2D eigenvalue weighted by molar-refractivity contribution is -0.129. The minimum atomic E-state index is -0.334. The van der Waals surface area contributed by atoms with Crippen LogP contribution < -0.4 is 5.73 Å². The molecular formula is C15H17N3O3S. The second-order valence-corrected chi connectivity index (χ2v) is 6.32. The molecule has 6 nitrogen and oxygen atoms in total. The topological polar surface area (TPSA) is 89.4 Å². The molecule has 0 radical (unpaired) electrons. The molecule has 116 valence electrons. The van der Waals surface area contributed by atoms with Crippen LogP contribution in [0, 0.1) is 12.8 Å². The van der Waals surface area contributed by atoms with Crippen LogP contribution in [0.5, 0.6) is 0 Å². The maximum atomic E-state index is 12.2. The Kier molecular flexibility index (Phi) is 3.98. The Morgan fingerprint density at radius 1 is 1.50 bits per heavy atom. The highest BCUT2D eigenvalue weighted by Crippen LogP contribution is 2.26. The van der Waals surface area contributed by atoms with Gasteiger partial charge in [0.05, 0.1) is 18.0 Å².